The van der Waals surface area contributed by atoms with E-state index in [1.807, 2.05) is 24.3 Å². The van der Waals surface area contributed by atoms with E-state index in [2.05, 4.69) is 4.98 Å². The largest absolute Gasteiger partial charge is 0.497 e. The third-order valence-corrected chi connectivity index (χ3v) is 4.21. The Bertz CT molecular complexity index is 734. The summed E-state index contributed by atoms with van der Waals surface area (Å²) in [5, 5.41) is 10.1. The topological polar surface area (TPSA) is 71.9 Å². The highest BCUT2D eigenvalue weighted by atomic mass is 16.5. The molecule has 1 aliphatic heterocycles. The number of pyridine rings is 1. The first-order valence-electron chi connectivity index (χ1n) is 7.76. The maximum absolute atomic E-state index is 13.0. The molecule has 1 fully saturated rings. The van der Waals surface area contributed by atoms with Crippen LogP contribution in [-0.4, -0.2) is 47.8 Å². The van der Waals surface area contributed by atoms with Gasteiger partial charge in [0.2, 0.25) is 5.88 Å². The molecule has 6 heteroatoms. The monoisotopic (exact) mass is 328 g/mol. The van der Waals surface area contributed by atoms with Crippen molar-refractivity contribution in [3.63, 3.8) is 0 Å². The fourth-order valence-corrected chi connectivity index (χ4v) is 3.07. The lowest BCUT2D eigenvalue weighted by Gasteiger charge is -2.25. The number of β-amino-alcohol motifs (C(OH)–C–C–N with tert-alkyl or cyclic N) is 1. The van der Waals surface area contributed by atoms with Crippen LogP contribution in [0.25, 0.3) is 0 Å². The fourth-order valence-electron chi connectivity index (χ4n) is 3.07. The highest BCUT2D eigenvalue weighted by Crippen LogP contribution is 2.35. The van der Waals surface area contributed by atoms with Crippen molar-refractivity contribution in [1.82, 2.24) is 9.88 Å². The van der Waals surface area contributed by atoms with E-state index in [0.717, 1.165) is 11.3 Å². The molecule has 1 N–H and O–H groups in total. The van der Waals surface area contributed by atoms with Gasteiger partial charge in [-0.05, 0) is 36.2 Å². The summed E-state index contributed by atoms with van der Waals surface area (Å²) in [6.07, 6.45) is 1.50. The Labute approximate surface area is 140 Å². The zero-order valence-electron chi connectivity index (χ0n) is 13.7. The van der Waals surface area contributed by atoms with Crippen LogP contribution in [0.4, 0.5) is 0 Å². The average Bonchev–Trinajstić information content (AvgIpc) is 3.03. The predicted molar refractivity (Wildman–Crippen MR) is 88.2 cm³/mol. The second-order valence-electron chi connectivity index (χ2n) is 5.70. The molecular weight excluding hydrogens is 308 g/mol. The summed E-state index contributed by atoms with van der Waals surface area (Å²) in [6.45, 7) is 0.277. The number of ether oxygens (including phenoxy) is 2. The van der Waals surface area contributed by atoms with Crippen molar-refractivity contribution in [3.8, 4) is 11.6 Å². The SMILES string of the molecule is COc1cccc([C@@H]2C[C@@H](O)CN2C(=O)c2cccnc2OC)c1. The van der Waals surface area contributed by atoms with E-state index in [1.165, 1.54) is 7.11 Å². The molecule has 0 unspecified atom stereocenters. The number of aliphatic hydroxyl groups is 1. The first-order chi connectivity index (χ1) is 11.6. The summed E-state index contributed by atoms with van der Waals surface area (Å²) in [6, 6.07) is 10.7. The van der Waals surface area contributed by atoms with E-state index in [9.17, 15) is 9.90 Å². The third-order valence-electron chi connectivity index (χ3n) is 4.21. The minimum Gasteiger partial charge on any atom is -0.497 e. The Balaban J connectivity index is 1.94. The maximum Gasteiger partial charge on any atom is 0.259 e. The number of aromatic nitrogens is 1. The summed E-state index contributed by atoms with van der Waals surface area (Å²) >= 11 is 0. The minimum absolute atomic E-state index is 0.204. The van der Waals surface area contributed by atoms with Gasteiger partial charge in [0.25, 0.3) is 5.91 Å². The van der Waals surface area contributed by atoms with Gasteiger partial charge in [-0.1, -0.05) is 12.1 Å². The normalized spacial score (nSPS) is 20.0. The lowest BCUT2D eigenvalue weighted by Crippen LogP contribution is -2.32. The van der Waals surface area contributed by atoms with Crippen LogP contribution < -0.4 is 9.47 Å². The van der Waals surface area contributed by atoms with E-state index in [0.29, 0.717) is 12.0 Å². The van der Waals surface area contributed by atoms with Gasteiger partial charge in [-0.15, -0.1) is 0 Å². The number of carbonyl (C=O) groups is 1. The van der Waals surface area contributed by atoms with Gasteiger partial charge in [0.05, 0.1) is 26.4 Å². The number of aliphatic hydroxyl groups excluding tert-OH is 1. The van der Waals surface area contributed by atoms with Gasteiger partial charge in [0, 0.05) is 12.7 Å². The first-order valence-corrected chi connectivity index (χ1v) is 7.76. The van der Waals surface area contributed by atoms with E-state index in [1.54, 1.807) is 30.3 Å². The molecule has 1 amide bonds. The van der Waals surface area contributed by atoms with Crippen molar-refractivity contribution in [2.24, 2.45) is 0 Å². The number of nitrogens with zero attached hydrogens (tertiary/aromatic N) is 2. The number of benzene rings is 1. The summed E-state index contributed by atoms with van der Waals surface area (Å²) < 4.78 is 10.5. The highest BCUT2D eigenvalue weighted by Gasteiger charge is 2.36. The summed E-state index contributed by atoms with van der Waals surface area (Å²) in [5.74, 6) is 0.804. The Kier molecular flexibility index (Phi) is 4.66. The molecule has 2 aromatic rings. The number of hydrogen-bond acceptors (Lipinski definition) is 5. The molecule has 1 aliphatic rings. The van der Waals surface area contributed by atoms with Crippen LogP contribution in [0.1, 0.15) is 28.4 Å². The number of methoxy groups -OCH3 is 2. The fraction of sp³-hybridized carbons (Fsp3) is 0.333. The third kappa shape index (κ3) is 3.05. The van der Waals surface area contributed by atoms with Crippen LogP contribution >= 0.6 is 0 Å². The van der Waals surface area contributed by atoms with Crippen molar-refractivity contribution in [2.45, 2.75) is 18.6 Å². The van der Waals surface area contributed by atoms with Gasteiger partial charge in [-0.25, -0.2) is 4.98 Å². The average molecular weight is 328 g/mol. The molecule has 0 saturated carbocycles. The molecular formula is C18H20N2O4. The molecule has 1 aromatic heterocycles. The smallest absolute Gasteiger partial charge is 0.259 e. The molecule has 0 bridgehead atoms. The molecule has 2 heterocycles. The zero-order valence-corrected chi connectivity index (χ0v) is 13.7. The van der Waals surface area contributed by atoms with E-state index < -0.39 is 6.10 Å². The van der Waals surface area contributed by atoms with E-state index >= 15 is 0 Å². The van der Waals surface area contributed by atoms with Crippen LogP contribution in [-0.2, 0) is 0 Å². The predicted octanol–water partition coefficient (Wildman–Crippen LogP) is 2.05. The van der Waals surface area contributed by atoms with E-state index in [-0.39, 0.29) is 24.4 Å². The van der Waals surface area contributed by atoms with Crippen LogP contribution in [0, 0.1) is 0 Å². The molecule has 126 valence electrons. The van der Waals surface area contributed by atoms with Crippen molar-refractivity contribution in [2.75, 3.05) is 20.8 Å². The molecule has 24 heavy (non-hydrogen) atoms. The van der Waals surface area contributed by atoms with Gasteiger partial charge in [-0.3, -0.25) is 4.79 Å². The van der Waals surface area contributed by atoms with Crippen molar-refractivity contribution >= 4 is 5.91 Å². The van der Waals surface area contributed by atoms with E-state index in [4.69, 9.17) is 9.47 Å². The second-order valence-corrected chi connectivity index (χ2v) is 5.70. The van der Waals surface area contributed by atoms with Crippen LogP contribution in [0.15, 0.2) is 42.6 Å². The van der Waals surface area contributed by atoms with Gasteiger partial charge >= 0.3 is 0 Å². The van der Waals surface area contributed by atoms with Crippen molar-refractivity contribution in [1.29, 1.82) is 0 Å². The summed E-state index contributed by atoms with van der Waals surface area (Å²) in [4.78, 5) is 18.7. The lowest BCUT2D eigenvalue weighted by molar-refractivity contribution is 0.0711. The maximum atomic E-state index is 13.0. The van der Waals surface area contributed by atoms with Gasteiger partial charge in [0.1, 0.15) is 11.3 Å². The van der Waals surface area contributed by atoms with Crippen LogP contribution in [0.5, 0.6) is 11.6 Å². The number of rotatable bonds is 4. The Morgan fingerprint density at radius 2 is 2.08 bits per heavy atom. The molecule has 1 saturated heterocycles. The van der Waals surface area contributed by atoms with Gasteiger partial charge in [0.15, 0.2) is 0 Å². The Hall–Kier alpha value is -2.60. The lowest BCUT2D eigenvalue weighted by atomic mass is 10.0. The Morgan fingerprint density at radius 1 is 1.25 bits per heavy atom. The molecule has 1 aromatic carbocycles. The quantitative estimate of drug-likeness (QED) is 0.930. The van der Waals surface area contributed by atoms with Gasteiger partial charge < -0.3 is 19.5 Å². The van der Waals surface area contributed by atoms with Crippen LogP contribution in [0.2, 0.25) is 0 Å². The molecule has 0 spiro atoms. The molecule has 0 aliphatic carbocycles. The number of hydrogen-bond donors (Lipinski definition) is 1. The summed E-state index contributed by atoms with van der Waals surface area (Å²) in [5.41, 5.74) is 1.32. The van der Waals surface area contributed by atoms with Crippen LogP contribution in [0.3, 0.4) is 0 Å². The first kappa shape index (κ1) is 16.3. The summed E-state index contributed by atoms with van der Waals surface area (Å²) in [7, 11) is 3.09. The number of carbonyl (C=O) groups excluding carboxylic acids is 1. The molecule has 3 rings (SSSR count). The molecule has 6 nitrogen and oxygen atoms in total. The minimum atomic E-state index is -0.562. The standard InChI is InChI=1S/C18H20N2O4/c1-23-14-6-3-5-12(9-14)16-10-13(21)11-20(16)18(22)15-7-4-8-19-17(15)24-2/h3-9,13,16,21H,10-11H2,1-2H3/t13-,16+/m1/s1. The Morgan fingerprint density at radius 3 is 2.83 bits per heavy atom. The highest BCUT2D eigenvalue weighted by molar-refractivity contribution is 5.96. The van der Waals surface area contributed by atoms with Gasteiger partial charge in [-0.2, -0.15) is 0 Å². The van der Waals surface area contributed by atoms with Crippen molar-refractivity contribution in [3.05, 3.63) is 53.7 Å². The molecule has 2 atom stereocenters. The van der Waals surface area contributed by atoms with Crippen molar-refractivity contribution < 1.29 is 19.4 Å². The second kappa shape index (κ2) is 6.88. The number of likely N-dealkylation sites (tertiary alicyclic amines) is 1. The number of amides is 1. The zero-order chi connectivity index (χ0) is 17.1. The molecule has 0 radical (unpaired) electrons.